The summed E-state index contributed by atoms with van der Waals surface area (Å²) < 4.78 is 7.42. The third-order valence-corrected chi connectivity index (χ3v) is 4.11. The number of nitrogens with zero attached hydrogens (tertiary/aromatic N) is 3. The SMILES string of the molecule is O=[N+]([O-])c1ccc(Cl)c(Oc2nc3sccn3c2CCl)c1. The summed E-state index contributed by atoms with van der Waals surface area (Å²) in [5.41, 5.74) is 0.554. The van der Waals surface area contributed by atoms with Gasteiger partial charge in [0.05, 0.1) is 21.9 Å². The van der Waals surface area contributed by atoms with Crippen molar-refractivity contribution in [2.75, 3.05) is 0 Å². The highest BCUT2D eigenvalue weighted by Gasteiger charge is 2.17. The summed E-state index contributed by atoms with van der Waals surface area (Å²) in [5, 5.41) is 12.9. The summed E-state index contributed by atoms with van der Waals surface area (Å²) in [7, 11) is 0. The van der Waals surface area contributed by atoms with E-state index in [1.807, 2.05) is 11.6 Å². The van der Waals surface area contributed by atoms with Crippen LogP contribution in [0.1, 0.15) is 5.69 Å². The number of alkyl halides is 1. The number of imidazole rings is 1. The first kappa shape index (κ1) is 14.1. The molecule has 2 heterocycles. The molecule has 108 valence electrons. The minimum Gasteiger partial charge on any atom is -0.435 e. The second-order valence-electron chi connectivity index (χ2n) is 4.03. The molecule has 0 amide bonds. The smallest absolute Gasteiger partial charge is 0.273 e. The highest BCUT2D eigenvalue weighted by molar-refractivity contribution is 7.15. The fraction of sp³-hybridized carbons (Fsp3) is 0.0833. The molecule has 3 aromatic rings. The first-order valence-electron chi connectivity index (χ1n) is 5.72. The van der Waals surface area contributed by atoms with E-state index in [0.717, 1.165) is 4.96 Å². The van der Waals surface area contributed by atoms with Gasteiger partial charge in [-0.05, 0) is 6.07 Å². The number of fused-ring (bicyclic) bond motifs is 1. The van der Waals surface area contributed by atoms with Crippen molar-refractivity contribution in [1.82, 2.24) is 9.38 Å². The molecule has 0 radical (unpaired) electrons. The van der Waals surface area contributed by atoms with Crippen LogP contribution >= 0.6 is 34.5 Å². The molecular formula is C12H7Cl2N3O3S. The molecule has 0 atom stereocenters. The van der Waals surface area contributed by atoms with Crippen LogP contribution in [0.15, 0.2) is 29.8 Å². The van der Waals surface area contributed by atoms with Crippen molar-refractivity contribution < 1.29 is 9.66 Å². The molecule has 0 aliphatic carbocycles. The fourth-order valence-electron chi connectivity index (χ4n) is 1.80. The number of thiazole rings is 1. The molecule has 0 saturated heterocycles. The van der Waals surface area contributed by atoms with Crippen molar-refractivity contribution in [2.24, 2.45) is 0 Å². The monoisotopic (exact) mass is 343 g/mol. The number of rotatable bonds is 4. The van der Waals surface area contributed by atoms with Crippen LogP contribution in [0.3, 0.4) is 0 Å². The normalized spacial score (nSPS) is 11.0. The van der Waals surface area contributed by atoms with Crippen LogP contribution in [0, 0.1) is 10.1 Å². The van der Waals surface area contributed by atoms with Crippen LogP contribution in [0.2, 0.25) is 5.02 Å². The summed E-state index contributed by atoms with van der Waals surface area (Å²) in [6.07, 6.45) is 1.83. The van der Waals surface area contributed by atoms with E-state index < -0.39 is 4.92 Å². The Bertz CT molecular complexity index is 830. The minimum absolute atomic E-state index is 0.108. The molecular weight excluding hydrogens is 337 g/mol. The number of nitro groups is 1. The number of halogens is 2. The molecule has 9 heteroatoms. The number of nitro benzene ring substituents is 1. The Morgan fingerprint density at radius 1 is 1.48 bits per heavy atom. The van der Waals surface area contributed by atoms with Crippen LogP contribution in [-0.2, 0) is 5.88 Å². The van der Waals surface area contributed by atoms with Crippen molar-refractivity contribution in [3.8, 4) is 11.6 Å². The van der Waals surface area contributed by atoms with Gasteiger partial charge in [0.2, 0.25) is 5.88 Å². The van der Waals surface area contributed by atoms with Crippen molar-refractivity contribution in [3.05, 3.63) is 50.6 Å². The summed E-state index contributed by atoms with van der Waals surface area (Å²) in [6, 6.07) is 3.98. The lowest BCUT2D eigenvalue weighted by Crippen LogP contribution is -1.93. The zero-order valence-electron chi connectivity index (χ0n) is 10.3. The maximum atomic E-state index is 10.8. The largest absolute Gasteiger partial charge is 0.435 e. The minimum atomic E-state index is -0.516. The van der Waals surface area contributed by atoms with E-state index in [9.17, 15) is 10.1 Å². The van der Waals surface area contributed by atoms with Crippen LogP contribution in [0.5, 0.6) is 11.6 Å². The van der Waals surface area contributed by atoms with Gasteiger partial charge in [-0.1, -0.05) is 11.6 Å². The molecule has 0 aliphatic rings. The van der Waals surface area contributed by atoms with E-state index in [4.69, 9.17) is 27.9 Å². The summed E-state index contributed by atoms with van der Waals surface area (Å²) in [5.74, 6) is 0.655. The highest BCUT2D eigenvalue weighted by Crippen LogP contribution is 2.35. The van der Waals surface area contributed by atoms with E-state index in [1.54, 1.807) is 4.40 Å². The summed E-state index contributed by atoms with van der Waals surface area (Å²) in [6.45, 7) is 0. The predicted molar refractivity (Wildman–Crippen MR) is 80.8 cm³/mol. The van der Waals surface area contributed by atoms with Gasteiger partial charge in [0, 0.05) is 17.6 Å². The quantitative estimate of drug-likeness (QED) is 0.397. The number of hydrogen-bond acceptors (Lipinski definition) is 5. The van der Waals surface area contributed by atoms with E-state index in [0.29, 0.717) is 11.6 Å². The van der Waals surface area contributed by atoms with Crippen molar-refractivity contribution in [1.29, 1.82) is 0 Å². The Balaban J connectivity index is 2.03. The van der Waals surface area contributed by atoms with Crippen LogP contribution in [0.25, 0.3) is 4.96 Å². The number of non-ortho nitro benzene ring substituents is 1. The van der Waals surface area contributed by atoms with Gasteiger partial charge >= 0.3 is 0 Å². The molecule has 0 fully saturated rings. The molecule has 3 rings (SSSR count). The van der Waals surface area contributed by atoms with E-state index in [2.05, 4.69) is 4.98 Å². The first-order chi connectivity index (χ1) is 10.1. The molecule has 1 aromatic carbocycles. The van der Waals surface area contributed by atoms with Gasteiger partial charge < -0.3 is 4.74 Å². The van der Waals surface area contributed by atoms with Gasteiger partial charge in [-0.2, -0.15) is 4.98 Å². The Morgan fingerprint density at radius 3 is 3.00 bits per heavy atom. The lowest BCUT2D eigenvalue weighted by molar-refractivity contribution is -0.384. The number of aromatic nitrogens is 2. The number of benzene rings is 1. The van der Waals surface area contributed by atoms with Gasteiger partial charge in [-0.25, -0.2) is 0 Å². The maximum Gasteiger partial charge on any atom is 0.273 e. The molecule has 0 unspecified atom stereocenters. The Morgan fingerprint density at radius 2 is 2.29 bits per heavy atom. The lowest BCUT2D eigenvalue weighted by Gasteiger charge is -2.06. The second kappa shape index (κ2) is 5.51. The molecule has 21 heavy (non-hydrogen) atoms. The molecule has 0 spiro atoms. The average molecular weight is 344 g/mol. The molecule has 0 bridgehead atoms. The zero-order chi connectivity index (χ0) is 15.0. The summed E-state index contributed by atoms with van der Waals surface area (Å²) in [4.78, 5) is 15.3. The van der Waals surface area contributed by atoms with Gasteiger partial charge in [0.1, 0.15) is 5.69 Å². The number of hydrogen-bond donors (Lipinski definition) is 0. The Hall–Kier alpha value is -1.83. The van der Waals surface area contributed by atoms with Crippen LogP contribution in [-0.4, -0.2) is 14.3 Å². The van der Waals surface area contributed by atoms with Gasteiger partial charge in [0.15, 0.2) is 10.7 Å². The van der Waals surface area contributed by atoms with Crippen molar-refractivity contribution in [3.63, 3.8) is 0 Å². The molecule has 6 nitrogen and oxygen atoms in total. The number of ether oxygens (including phenoxy) is 1. The van der Waals surface area contributed by atoms with E-state index >= 15 is 0 Å². The Labute approximate surface area is 132 Å². The van der Waals surface area contributed by atoms with Crippen LogP contribution in [0.4, 0.5) is 5.69 Å². The average Bonchev–Trinajstić information content (AvgIpc) is 3.01. The fourth-order valence-corrected chi connectivity index (χ4v) is 2.93. The van der Waals surface area contributed by atoms with E-state index in [1.165, 1.54) is 29.5 Å². The molecule has 2 aromatic heterocycles. The third kappa shape index (κ3) is 2.55. The first-order valence-corrected chi connectivity index (χ1v) is 7.51. The zero-order valence-corrected chi connectivity index (χ0v) is 12.7. The maximum absolute atomic E-state index is 10.8. The molecule has 0 aliphatic heterocycles. The standard InChI is InChI=1S/C12H7Cl2N3O3S/c13-6-9-11(15-12-16(9)3-4-21-12)20-10-5-7(17(18)19)1-2-8(10)14/h1-5H,6H2. The lowest BCUT2D eigenvalue weighted by atomic mass is 10.3. The molecule has 0 N–H and O–H groups in total. The van der Waals surface area contributed by atoms with Gasteiger partial charge in [-0.3, -0.25) is 14.5 Å². The van der Waals surface area contributed by atoms with Gasteiger partial charge in [-0.15, -0.1) is 22.9 Å². The van der Waals surface area contributed by atoms with Crippen LogP contribution < -0.4 is 4.74 Å². The van der Waals surface area contributed by atoms with Crippen molar-refractivity contribution in [2.45, 2.75) is 5.88 Å². The van der Waals surface area contributed by atoms with Gasteiger partial charge in [0.25, 0.3) is 5.69 Å². The predicted octanol–water partition coefficient (Wildman–Crippen LogP) is 4.49. The second-order valence-corrected chi connectivity index (χ2v) is 5.57. The highest BCUT2D eigenvalue weighted by atomic mass is 35.5. The Kier molecular flexibility index (Phi) is 3.71. The molecule has 0 saturated carbocycles. The summed E-state index contributed by atoms with van der Waals surface area (Å²) >= 11 is 13.4. The topological polar surface area (TPSA) is 69.7 Å². The van der Waals surface area contributed by atoms with E-state index in [-0.39, 0.29) is 22.3 Å². The third-order valence-electron chi connectivity index (χ3n) is 2.78. The van der Waals surface area contributed by atoms with Crippen molar-refractivity contribution >= 4 is 45.2 Å².